The van der Waals surface area contributed by atoms with Gasteiger partial charge in [0.05, 0.1) is 16.8 Å². The number of hydrogen-bond acceptors (Lipinski definition) is 2. The van der Waals surface area contributed by atoms with Crippen LogP contribution in [0.3, 0.4) is 0 Å². The van der Waals surface area contributed by atoms with E-state index in [9.17, 15) is 4.79 Å². The summed E-state index contributed by atoms with van der Waals surface area (Å²) in [5.41, 5.74) is 4.63. The van der Waals surface area contributed by atoms with Crippen molar-refractivity contribution in [2.45, 2.75) is 6.42 Å². The van der Waals surface area contributed by atoms with E-state index in [1.807, 2.05) is 60.7 Å². The molecule has 2 heterocycles. The topological polar surface area (TPSA) is 34.4 Å². The Hall–Kier alpha value is -3.20. The minimum atomic E-state index is 0.0128. The summed E-state index contributed by atoms with van der Waals surface area (Å²) in [6.45, 7) is 0. The van der Waals surface area contributed by atoms with Crippen LogP contribution < -0.4 is 5.43 Å². The summed E-state index contributed by atoms with van der Waals surface area (Å²) in [6.07, 6.45) is 2.50. The summed E-state index contributed by atoms with van der Waals surface area (Å²) in [5.74, 6) is 0. The molecule has 4 rings (SSSR count). The highest BCUT2D eigenvalue weighted by Crippen LogP contribution is 2.20. The monoisotopic (exact) mass is 312 g/mol. The van der Waals surface area contributed by atoms with E-state index in [0.29, 0.717) is 5.56 Å². The van der Waals surface area contributed by atoms with Crippen LogP contribution >= 0.6 is 0 Å². The summed E-state index contributed by atoms with van der Waals surface area (Å²) in [6, 6.07) is 25.5. The fraction of sp³-hybridized carbons (Fsp3) is 0.0476. The summed E-state index contributed by atoms with van der Waals surface area (Å²) in [7, 11) is 0. The largest absolute Gasteiger partial charge is 0.289 e. The molecule has 2 aromatic carbocycles. The van der Waals surface area contributed by atoms with Crippen LogP contribution in [0.2, 0.25) is 0 Å². The van der Waals surface area contributed by atoms with Crippen molar-refractivity contribution >= 4 is 5.52 Å². The van der Waals surface area contributed by atoms with E-state index < -0.39 is 0 Å². The van der Waals surface area contributed by atoms with Gasteiger partial charge < -0.3 is 0 Å². The van der Waals surface area contributed by atoms with Crippen molar-refractivity contribution in [3.8, 4) is 11.1 Å². The molecule has 0 N–H and O–H groups in total. The zero-order valence-electron chi connectivity index (χ0n) is 13.1. The third kappa shape index (κ3) is 2.72. The Morgan fingerprint density at radius 1 is 0.792 bits per heavy atom. The molecule has 0 saturated carbocycles. The first kappa shape index (κ1) is 14.4. The lowest BCUT2D eigenvalue weighted by molar-refractivity contribution is 0.866. The van der Waals surface area contributed by atoms with Crippen LogP contribution in [0.1, 0.15) is 11.3 Å². The molecule has 0 aliphatic rings. The van der Waals surface area contributed by atoms with Gasteiger partial charge in [-0.1, -0.05) is 60.7 Å². The SMILES string of the molecule is O=c1ccn2nc(Cc3ccccc3)ccc2c1-c1ccccc1. The van der Waals surface area contributed by atoms with Gasteiger partial charge in [-0.15, -0.1) is 0 Å². The minimum absolute atomic E-state index is 0.0128. The second kappa shape index (κ2) is 6.13. The van der Waals surface area contributed by atoms with E-state index in [1.165, 1.54) is 5.56 Å². The predicted molar refractivity (Wildman–Crippen MR) is 96.1 cm³/mol. The maximum atomic E-state index is 12.4. The summed E-state index contributed by atoms with van der Waals surface area (Å²) in [4.78, 5) is 12.4. The molecular weight excluding hydrogens is 296 g/mol. The molecule has 0 aliphatic heterocycles. The van der Waals surface area contributed by atoms with Crippen molar-refractivity contribution in [3.63, 3.8) is 0 Å². The predicted octanol–water partition coefficient (Wildman–Crippen LogP) is 3.95. The van der Waals surface area contributed by atoms with Crippen LogP contribution in [0.4, 0.5) is 0 Å². The lowest BCUT2D eigenvalue weighted by atomic mass is 10.0. The van der Waals surface area contributed by atoms with E-state index >= 15 is 0 Å². The maximum Gasteiger partial charge on any atom is 0.190 e. The van der Waals surface area contributed by atoms with Gasteiger partial charge in [0.1, 0.15) is 0 Å². The molecular formula is C21H16N2O. The molecule has 0 saturated heterocycles. The van der Waals surface area contributed by atoms with Crippen LogP contribution in [0.25, 0.3) is 16.6 Å². The molecule has 3 nitrogen and oxygen atoms in total. The molecule has 2 aromatic heterocycles. The standard InChI is InChI=1S/C21H16N2O/c24-20-13-14-23-19(21(20)17-9-5-2-6-10-17)12-11-18(22-23)15-16-7-3-1-4-8-16/h1-14H,15H2. The quantitative estimate of drug-likeness (QED) is 0.574. The Morgan fingerprint density at radius 2 is 1.50 bits per heavy atom. The van der Waals surface area contributed by atoms with Gasteiger partial charge in [-0.2, -0.15) is 5.10 Å². The fourth-order valence-corrected chi connectivity index (χ4v) is 2.93. The Balaban J connectivity index is 1.82. The first-order valence-electron chi connectivity index (χ1n) is 7.92. The van der Waals surface area contributed by atoms with Gasteiger partial charge in [-0.05, 0) is 23.3 Å². The number of benzene rings is 2. The van der Waals surface area contributed by atoms with E-state index in [1.54, 1.807) is 16.8 Å². The molecule has 4 aromatic rings. The number of rotatable bonds is 3. The van der Waals surface area contributed by atoms with Gasteiger partial charge >= 0.3 is 0 Å². The van der Waals surface area contributed by atoms with E-state index in [-0.39, 0.29) is 5.43 Å². The molecule has 0 spiro atoms. The molecule has 3 heteroatoms. The second-order valence-corrected chi connectivity index (χ2v) is 5.74. The molecule has 0 amide bonds. The smallest absolute Gasteiger partial charge is 0.190 e. The summed E-state index contributed by atoms with van der Waals surface area (Å²) >= 11 is 0. The Kier molecular flexibility index (Phi) is 3.67. The fourth-order valence-electron chi connectivity index (χ4n) is 2.93. The number of nitrogens with zero attached hydrogens (tertiary/aromatic N) is 2. The van der Waals surface area contributed by atoms with Gasteiger partial charge in [0.2, 0.25) is 0 Å². The lowest BCUT2D eigenvalue weighted by Gasteiger charge is -2.09. The Bertz CT molecular complexity index is 1040. The maximum absolute atomic E-state index is 12.4. The molecule has 0 unspecified atom stereocenters. The number of aromatic nitrogens is 2. The molecule has 0 atom stereocenters. The van der Waals surface area contributed by atoms with Gasteiger partial charge in [-0.25, -0.2) is 4.52 Å². The lowest BCUT2D eigenvalue weighted by Crippen LogP contribution is -2.09. The van der Waals surface area contributed by atoms with Crippen molar-refractivity contribution < 1.29 is 0 Å². The van der Waals surface area contributed by atoms with Crippen LogP contribution in [0, 0.1) is 0 Å². The van der Waals surface area contributed by atoms with Crippen LogP contribution in [0.5, 0.6) is 0 Å². The van der Waals surface area contributed by atoms with Crippen LogP contribution in [0.15, 0.2) is 89.9 Å². The van der Waals surface area contributed by atoms with Gasteiger partial charge in [-0.3, -0.25) is 4.79 Å². The number of pyridine rings is 1. The van der Waals surface area contributed by atoms with Crippen LogP contribution in [-0.2, 0) is 6.42 Å². The van der Waals surface area contributed by atoms with Crippen molar-refractivity contribution in [1.29, 1.82) is 0 Å². The Morgan fingerprint density at radius 3 is 2.25 bits per heavy atom. The average Bonchev–Trinajstić information content (AvgIpc) is 2.63. The van der Waals surface area contributed by atoms with E-state index in [2.05, 4.69) is 17.2 Å². The molecule has 116 valence electrons. The third-order valence-corrected chi connectivity index (χ3v) is 4.08. The van der Waals surface area contributed by atoms with Crippen molar-refractivity contribution in [2.75, 3.05) is 0 Å². The third-order valence-electron chi connectivity index (χ3n) is 4.08. The van der Waals surface area contributed by atoms with Gasteiger partial charge in [0.25, 0.3) is 0 Å². The normalized spacial score (nSPS) is 10.8. The molecule has 0 bridgehead atoms. The Labute approximate surface area is 139 Å². The first-order valence-corrected chi connectivity index (χ1v) is 7.92. The van der Waals surface area contributed by atoms with E-state index in [0.717, 1.165) is 23.2 Å². The number of fused-ring (bicyclic) bond motifs is 1. The summed E-state index contributed by atoms with van der Waals surface area (Å²) in [5, 5.41) is 4.68. The van der Waals surface area contributed by atoms with Crippen molar-refractivity contribution in [1.82, 2.24) is 9.61 Å². The molecule has 24 heavy (non-hydrogen) atoms. The highest BCUT2D eigenvalue weighted by Gasteiger charge is 2.09. The van der Waals surface area contributed by atoms with Crippen LogP contribution in [-0.4, -0.2) is 9.61 Å². The highest BCUT2D eigenvalue weighted by molar-refractivity contribution is 5.79. The molecule has 0 radical (unpaired) electrons. The van der Waals surface area contributed by atoms with E-state index in [4.69, 9.17) is 0 Å². The first-order chi connectivity index (χ1) is 11.8. The van der Waals surface area contributed by atoms with Crippen molar-refractivity contribution in [2.24, 2.45) is 0 Å². The summed E-state index contributed by atoms with van der Waals surface area (Å²) < 4.78 is 1.79. The van der Waals surface area contributed by atoms with Crippen molar-refractivity contribution in [3.05, 3.63) is 107 Å². The van der Waals surface area contributed by atoms with Gasteiger partial charge in [0.15, 0.2) is 5.43 Å². The highest BCUT2D eigenvalue weighted by atomic mass is 16.1. The second-order valence-electron chi connectivity index (χ2n) is 5.74. The number of hydrogen-bond donors (Lipinski definition) is 0. The average molecular weight is 312 g/mol. The zero-order valence-corrected chi connectivity index (χ0v) is 13.1. The van der Waals surface area contributed by atoms with Gasteiger partial charge in [0, 0.05) is 18.7 Å². The minimum Gasteiger partial charge on any atom is -0.289 e. The molecule has 0 aliphatic carbocycles. The zero-order chi connectivity index (χ0) is 16.4. The molecule has 0 fully saturated rings.